The Morgan fingerprint density at radius 2 is 1.91 bits per heavy atom. The number of nitrogens with one attached hydrogen (secondary N) is 1. The van der Waals surface area contributed by atoms with Crippen molar-refractivity contribution in [1.82, 2.24) is 10.2 Å². The molecule has 5 heteroatoms. The van der Waals surface area contributed by atoms with Gasteiger partial charge in [-0.25, -0.2) is 0 Å². The van der Waals surface area contributed by atoms with Crippen molar-refractivity contribution in [1.29, 1.82) is 0 Å². The third-order valence-corrected chi connectivity index (χ3v) is 4.94. The molecule has 1 saturated heterocycles. The lowest BCUT2D eigenvalue weighted by atomic mass is 9.95. The third kappa shape index (κ3) is 4.87. The summed E-state index contributed by atoms with van der Waals surface area (Å²) in [5.74, 6) is 0.360. The SMILES string of the molecule is CCCCNC(=O)C1CCN(Cc2c(Cl)cccc2Cl)CC1. The maximum Gasteiger partial charge on any atom is 0.223 e. The number of benzene rings is 1. The second-order valence-electron chi connectivity index (χ2n) is 5.90. The summed E-state index contributed by atoms with van der Waals surface area (Å²) in [7, 11) is 0. The van der Waals surface area contributed by atoms with Gasteiger partial charge in [-0.3, -0.25) is 9.69 Å². The molecule has 0 atom stereocenters. The van der Waals surface area contributed by atoms with Crippen LogP contribution in [-0.4, -0.2) is 30.4 Å². The zero-order chi connectivity index (χ0) is 15.9. The van der Waals surface area contributed by atoms with E-state index in [-0.39, 0.29) is 11.8 Å². The lowest BCUT2D eigenvalue weighted by Crippen LogP contribution is -2.40. The van der Waals surface area contributed by atoms with Gasteiger partial charge in [-0.15, -0.1) is 0 Å². The second-order valence-corrected chi connectivity index (χ2v) is 6.71. The quantitative estimate of drug-likeness (QED) is 0.788. The molecule has 1 N–H and O–H groups in total. The number of amides is 1. The van der Waals surface area contributed by atoms with Crippen molar-refractivity contribution in [3.63, 3.8) is 0 Å². The first-order valence-corrected chi connectivity index (χ1v) is 8.80. The maximum absolute atomic E-state index is 12.1. The average Bonchev–Trinajstić information content (AvgIpc) is 2.52. The summed E-state index contributed by atoms with van der Waals surface area (Å²) in [5.41, 5.74) is 0.983. The van der Waals surface area contributed by atoms with Crippen LogP contribution in [0, 0.1) is 5.92 Å². The van der Waals surface area contributed by atoms with Crippen LogP contribution in [0.25, 0.3) is 0 Å². The maximum atomic E-state index is 12.1. The fourth-order valence-corrected chi connectivity index (χ4v) is 3.31. The van der Waals surface area contributed by atoms with Crippen molar-refractivity contribution in [2.24, 2.45) is 5.92 Å². The molecule has 1 aromatic rings. The summed E-state index contributed by atoms with van der Waals surface area (Å²) in [6.45, 7) is 5.50. The molecule has 1 aliphatic rings. The van der Waals surface area contributed by atoms with Crippen LogP contribution >= 0.6 is 23.2 Å². The molecule has 122 valence electrons. The zero-order valence-electron chi connectivity index (χ0n) is 13.1. The molecule has 1 amide bonds. The van der Waals surface area contributed by atoms with Crippen molar-refractivity contribution in [2.45, 2.75) is 39.2 Å². The van der Waals surface area contributed by atoms with Gasteiger partial charge in [0.15, 0.2) is 0 Å². The van der Waals surface area contributed by atoms with Gasteiger partial charge in [0, 0.05) is 34.6 Å². The van der Waals surface area contributed by atoms with Gasteiger partial charge < -0.3 is 5.32 Å². The van der Waals surface area contributed by atoms with E-state index in [0.29, 0.717) is 10.0 Å². The molecule has 0 bridgehead atoms. The van der Waals surface area contributed by atoms with Crippen LogP contribution < -0.4 is 5.32 Å². The molecule has 1 heterocycles. The van der Waals surface area contributed by atoms with Crippen molar-refractivity contribution in [3.8, 4) is 0 Å². The molecule has 1 aromatic carbocycles. The first-order chi connectivity index (χ1) is 10.6. The highest BCUT2D eigenvalue weighted by molar-refractivity contribution is 6.35. The van der Waals surface area contributed by atoms with Gasteiger partial charge in [-0.05, 0) is 44.5 Å². The molecule has 3 nitrogen and oxygen atoms in total. The summed E-state index contributed by atoms with van der Waals surface area (Å²) in [5, 5.41) is 4.47. The van der Waals surface area contributed by atoms with E-state index in [1.807, 2.05) is 18.2 Å². The van der Waals surface area contributed by atoms with E-state index < -0.39 is 0 Å². The molecule has 0 spiro atoms. The van der Waals surface area contributed by atoms with E-state index >= 15 is 0 Å². The number of hydrogen-bond acceptors (Lipinski definition) is 2. The fraction of sp³-hybridized carbons (Fsp3) is 0.588. The molecule has 0 unspecified atom stereocenters. The number of likely N-dealkylation sites (tertiary alicyclic amines) is 1. The standard InChI is InChI=1S/C17H24Cl2N2O/c1-2-3-9-20-17(22)13-7-10-21(11-8-13)12-14-15(18)5-4-6-16(14)19/h4-6,13H,2-3,7-12H2,1H3,(H,20,22). The number of hydrogen-bond donors (Lipinski definition) is 1. The topological polar surface area (TPSA) is 32.3 Å². The highest BCUT2D eigenvalue weighted by Gasteiger charge is 2.25. The van der Waals surface area contributed by atoms with E-state index in [2.05, 4.69) is 17.1 Å². The number of halogens is 2. The summed E-state index contributed by atoms with van der Waals surface area (Å²) in [6.07, 6.45) is 3.97. The van der Waals surface area contributed by atoms with E-state index in [1.165, 1.54) is 0 Å². The Labute approximate surface area is 143 Å². The highest BCUT2D eigenvalue weighted by atomic mass is 35.5. The van der Waals surface area contributed by atoms with Crippen LogP contribution in [-0.2, 0) is 11.3 Å². The Balaban J connectivity index is 1.81. The molecule has 0 radical (unpaired) electrons. The van der Waals surface area contributed by atoms with Crippen molar-refractivity contribution in [3.05, 3.63) is 33.8 Å². The first kappa shape index (κ1) is 17.6. The average molecular weight is 343 g/mol. The number of rotatable bonds is 6. The lowest BCUT2D eigenvalue weighted by molar-refractivity contribution is -0.126. The molecule has 1 aliphatic heterocycles. The normalized spacial score (nSPS) is 16.7. The van der Waals surface area contributed by atoms with Gasteiger partial charge in [-0.2, -0.15) is 0 Å². The number of carbonyl (C=O) groups excluding carboxylic acids is 1. The molecule has 22 heavy (non-hydrogen) atoms. The highest BCUT2D eigenvalue weighted by Crippen LogP contribution is 2.27. The monoisotopic (exact) mass is 342 g/mol. The summed E-state index contributed by atoms with van der Waals surface area (Å²) in [4.78, 5) is 14.4. The van der Waals surface area contributed by atoms with Gasteiger partial charge in [0.25, 0.3) is 0 Å². The molecule has 1 fully saturated rings. The molecule has 0 saturated carbocycles. The van der Waals surface area contributed by atoms with E-state index in [0.717, 1.165) is 57.4 Å². The van der Waals surface area contributed by atoms with Crippen LogP contribution in [0.4, 0.5) is 0 Å². The number of piperidine rings is 1. The zero-order valence-corrected chi connectivity index (χ0v) is 14.6. The minimum absolute atomic E-state index is 0.148. The predicted octanol–water partition coefficient (Wildman–Crippen LogP) is 4.12. The summed E-state index contributed by atoms with van der Waals surface area (Å²) >= 11 is 12.4. The first-order valence-electron chi connectivity index (χ1n) is 8.04. The van der Waals surface area contributed by atoms with Gasteiger partial charge in [0.2, 0.25) is 5.91 Å². The molecule has 0 aromatic heterocycles. The summed E-state index contributed by atoms with van der Waals surface area (Å²) < 4.78 is 0. The Kier molecular flexibility index (Phi) is 7.00. The van der Waals surface area contributed by atoms with E-state index in [1.54, 1.807) is 0 Å². The minimum Gasteiger partial charge on any atom is -0.356 e. The van der Waals surface area contributed by atoms with E-state index in [4.69, 9.17) is 23.2 Å². The van der Waals surface area contributed by atoms with Crippen LogP contribution in [0.15, 0.2) is 18.2 Å². The Morgan fingerprint density at radius 3 is 2.50 bits per heavy atom. The minimum atomic E-state index is 0.148. The second kappa shape index (κ2) is 8.76. The van der Waals surface area contributed by atoms with Crippen LogP contribution in [0.5, 0.6) is 0 Å². The molecular weight excluding hydrogens is 319 g/mol. The Morgan fingerprint density at radius 1 is 1.27 bits per heavy atom. The Hall–Kier alpha value is -0.770. The Bertz CT molecular complexity index is 479. The van der Waals surface area contributed by atoms with Gasteiger partial charge in [0.05, 0.1) is 0 Å². The number of nitrogens with zero attached hydrogens (tertiary/aromatic N) is 1. The smallest absolute Gasteiger partial charge is 0.223 e. The van der Waals surface area contributed by atoms with E-state index in [9.17, 15) is 4.79 Å². The van der Waals surface area contributed by atoms with Gasteiger partial charge >= 0.3 is 0 Å². The largest absolute Gasteiger partial charge is 0.356 e. The van der Waals surface area contributed by atoms with Crippen LogP contribution in [0.1, 0.15) is 38.2 Å². The molecular formula is C17H24Cl2N2O. The van der Waals surface area contributed by atoms with Crippen molar-refractivity contribution < 1.29 is 4.79 Å². The van der Waals surface area contributed by atoms with Crippen molar-refractivity contribution >= 4 is 29.1 Å². The third-order valence-electron chi connectivity index (χ3n) is 4.23. The number of unbranched alkanes of at least 4 members (excludes halogenated alkanes) is 1. The van der Waals surface area contributed by atoms with Crippen LogP contribution in [0.2, 0.25) is 10.0 Å². The molecule has 0 aliphatic carbocycles. The fourth-order valence-electron chi connectivity index (χ4n) is 2.79. The van der Waals surface area contributed by atoms with Gasteiger partial charge in [0.1, 0.15) is 0 Å². The predicted molar refractivity (Wildman–Crippen MR) is 92.4 cm³/mol. The van der Waals surface area contributed by atoms with Crippen LogP contribution in [0.3, 0.4) is 0 Å². The summed E-state index contributed by atoms with van der Waals surface area (Å²) in [6, 6.07) is 5.61. The lowest BCUT2D eigenvalue weighted by Gasteiger charge is -2.31. The van der Waals surface area contributed by atoms with Crippen molar-refractivity contribution in [2.75, 3.05) is 19.6 Å². The van der Waals surface area contributed by atoms with Gasteiger partial charge in [-0.1, -0.05) is 42.6 Å². The number of carbonyl (C=O) groups is 1. The molecule has 2 rings (SSSR count).